The van der Waals surface area contributed by atoms with E-state index in [1.54, 1.807) is 0 Å². The number of rotatable bonds is 5. The van der Waals surface area contributed by atoms with Gasteiger partial charge in [-0.05, 0) is 66.5 Å². The molecule has 3 rings (SSSR count). The van der Waals surface area contributed by atoms with Gasteiger partial charge >= 0.3 is 0 Å². The number of benzene rings is 2. The first kappa shape index (κ1) is 19.7. The first-order valence-electron chi connectivity index (χ1n) is 8.89. The van der Waals surface area contributed by atoms with Gasteiger partial charge in [0.1, 0.15) is 11.4 Å². The van der Waals surface area contributed by atoms with E-state index in [0.717, 1.165) is 6.42 Å². The Morgan fingerprint density at radius 2 is 1.86 bits per heavy atom. The average Bonchev–Trinajstić information content (AvgIpc) is 2.69. The number of H-pyrrole nitrogens is 1. The second kappa shape index (κ2) is 8.31. The molecule has 2 aromatic carbocycles. The Labute approximate surface area is 166 Å². The Bertz CT molecular complexity index is 1120. The van der Waals surface area contributed by atoms with Crippen LogP contribution in [-0.4, -0.2) is 20.9 Å². The first-order valence-corrected chi connectivity index (χ1v) is 9.29. The summed E-state index contributed by atoms with van der Waals surface area (Å²) in [6.45, 7) is 4.28. The van der Waals surface area contributed by atoms with Crippen LogP contribution in [0, 0.1) is 10.6 Å². The third-order valence-electron chi connectivity index (χ3n) is 4.62. The summed E-state index contributed by atoms with van der Waals surface area (Å²) >= 11 is 5.14. The third kappa shape index (κ3) is 4.09. The third-order valence-corrected chi connectivity index (χ3v) is 4.91. The van der Waals surface area contributed by atoms with Gasteiger partial charge in [0, 0.05) is 6.21 Å². The van der Waals surface area contributed by atoms with Crippen LogP contribution in [0.25, 0.3) is 5.69 Å². The molecule has 0 aliphatic carbocycles. The molecule has 0 saturated carbocycles. The highest BCUT2D eigenvalue weighted by molar-refractivity contribution is 7.71. The van der Waals surface area contributed by atoms with Gasteiger partial charge in [0.25, 0.3) is 5.56 Å². The maximum atomic E-state index is 13.2. The molecule has 144 valence electrons. The number of hydrogen-bond acceptors (Lipinski definition) is 4. The van der Waals surface area contributed by atoms with Crippen molar-refractivity contribution in [3.8, 4) is 11.6 Å². The van der Waals surface area contributed by atoms with E-state index in [1.165, 1.54) is 40.6 Å². The summed E-state index contributed by atoms with van der Waals surface area (Å²) in [5.74, 6) is -0.318. The van der Waals surface area contributed by atoms with Crippen LogP contribution in [0.4, 0.5) is 10.1 Å². The molecular formula is C21H20FN3O2S. The van der Waals surface area contributed by atoms with E-state index >= 15 is 0 Å². The monoisotopic (exact) mass is 397 g/mol. The van der Waals surface area contributed by atoms with Crippen LogP contribution < -0.4 is 5.56 Å². The molecule has 0 bridgehead atoms. The van der Waals surface area contributed by atoms with Crippen molar-refractivity contribution in [2.24, 2.45) is 4.99 Å². The van der Waals surface area contributed by atoms with Crippen LogP contribution in [0.15, 0.2) is 58.3 Å². The largest absolute Gasteiger partial charge is 0.494 e. The van der Waals surface area contributed by atoms with Crippen molar-refractivity contribution in [3.05, 3.63) is 80.6 Å². The van der Waals surface area contributed by atoms with E-state index < -0.39 is 11.4 Å². The molecule has 0 saturated heterocycles. The number of nitrogens with one attached hydrogen (secondary N) is 1. The lowest BCUT2D eigenvalue weighted by atomic mass is 9.99. The van der Waals surface area contributed by atoms with Crippen molar-refractivity contribution in [1.29, 1.82) is 0 Å². The molecular weight excluding hydrogens is 377 g/mol. The molecule has 0 fully saturated rings. The molecule has 0 spiro atoms. The lowest BCUT2D eigenvalue weighted by molar-refractivity contribution is 0.432. The summed E-state index contributed by atoms with van der Waals surface area (Å²) in [6, 6.07) is 13.1. The number of hydrogen-bond donors (Lipinski definition) is 2. The van der Waals surface area contributed by atoms with E-state index in [2.05, 4.69) is 23.8 Å². The van der Waals surface area contributed by atoms with Crippen molar-refractivity contribution in [2.75, 3.05) is 0 Å². The van der Waals surface area contributed by atoms with Gasteiger partial charge in [-0.2, -0.15) is 0 Å². The molecule has 5 nitrogen and oxygen atoms in total. The number of aromatic amines is 1. The topological polar surface area (TPSA) is 70.4 Å². The predicted molar refractivity (Wildman–Crippen MR) is 111 cm³/mol. The van der Waals surface area contributed by atoms with Crippen LogP contribution in [0.2, 0.25) is 0 Å². The van der Waals surface area contributed by atoms with Crippen LogP contribution in [0.5, 0.6) is 5.88 Å². The van der Waals surface area contributed by atoms with E-state index in [1.807, 2.05) is 24.3 Å². The molecule has 3 aromatic rings. The SMILES string of the molecule is CC[C@@H](C)c1ccc(N=Cc2c(O)n(-c3ccc(F)cc3)c(=S)[nH]c2=O)cc1. The first-order chi connectivity index (χ1) is 13.4. The van der Waals surface area contributed by atoms with E-state index in [0.29, 0.717) is 17.3 Å². The Morgan fingerprint density at radius 3 is 2.46 bits per heavy atom. The molecule has 0 unspecified atom stereocenters. The van der Waals surface area contributed by atoms with Crippen LogP contribution in [-0.2, 0) is 0 Å². The zero-order chi connectivity index (χ0) is 20.3. The molecule has 0 amide bonds. The number of nitrogens with zero attached hydrogens (tertiary/aromatic N) is 2. The number of aromatic hydroxyl groups is 1. The molecule has 28 heavy (non-hydrogen) atoms. The lowest BCUT2D eigenvalue weighted by Crippen LogP contribution is -2.18. The normalized spacial score (nSPS) is 12.4. The number of aromatic nitrogens is 2. The molecule has 0 radical (unpaired) electrons. The Hall–Kier alpha value is -3.06. The summed E-state index contributed by atoms with van der Waals surface area (Å²) in [5, 5.41) is 10.6. The summed E-state index contributed by atoms with van der Waals surface area (Å²) < 4.78 is 14.4. The fraction of sp³-hybridized carbons (Fsp3) is 0.190. The fourth-order valence-electron chi connectivity index (χ4n) is 2.75. The summed E-state index contributed by atoms with van der Waals surface area (Å²) in [5.41, 5.74) is 1.70. The van der Waals surface area contributed by atoms with Crippen molar-refractivity contribution < 1.29 is 9.50 Å². The average molecular weight is 397 g/mol. The Kier molecular flexibility index (Phi) is 5.84. The molecule has 1 aromatic heterocycles. The van der Waals surface area contributed by atoms with Crippen LogP contribution >= 0.6 is 12.2 Å². The van der Waals surface area contributed by atoms with Crippen LogP contribution in [0.3, 0.4) is 0 Å². The van der Waals surface area contributed by atoms with Crippen molar-refractivity contribution in [2.45, 2.75) is 26.2 Å². The lowest BCUT2D eigenvalue weighted by Gasteiger charge is -2.11. The van der Waals surface area contributed by atoms with E-state index in [4.69, 9.17) is 12.2 Å². The highest BCUT2D eigenvalue weighted by Crippen LogP contribution is 2.23. The second-order valence-corrected chi connectivity index (χ2v) is 6.85. The molecule has 1 atom stereocenters. The minimum absolute atomic E-state index is 0.00386. The zero-order valence-corrected chi connectivity index (χ0v) is 16.3. The van der Waals surface area contributed by atoms with Gasteiger partial charge in [0.2, 0.25) is 5.88 Å². The van der Waals surface area contributed by atoms with Gasteiger partial charge in [0.05, 0.1) is 11.4 Å². The minimum Gasteiger partial charge on any atom is -0.494 e. The summed E-state index contributed by atoms with van der Waals surface area (Å²) in [6.07, 6.45) is 2.34. The molecule has 7 heteroatoms. The fourth-order valence-corrected chi connectivity index (χ4v) is 3.03. The van der Waals surface area contributed by atoms with Crippen molar-refractivity contribution in [1.82, 2.24) is 9.55 Å². The second-order valence-electron chi connectivity index (χ2n) is 6.47. The maximum absolute atomic E-state index is 13.2. The van der Waals surface area contributed by atoms with Crippen molar-refractivity contribution in [3.63, 3.8) is 0 Å². The maximum Gasteiger partial charge on any atom is 0.264 e. The summed E-state index contributed by atoms with van der Waals surface area (Å²) in [7, 11) is 0. The molecule has 1 heterocycles. The van der Waals surface area contributed by atoms with Gasteiger partial charge in [-0.15, -0.1) is 0 Å². The Balaban J connectivity index is 1.99. The summed E-state index contributed by atoms with van der Waals surface area (Å²) in [4.78, 5) is 19.1. The molecule has 0 aliphatic heterocycles. The van der Waals surface area contributed by atoms with Gasteiger partial charge in [-0.3, -0.25) is 19.3 Å². The molecule has 0 aliphatic rings. The smallest absolute Gasteiger partial charge is 0.264 e. The number of aliphatic imine (C=N–C) groups is 1. The van der Waals surface area contributed by atoms with Gasteiger partial charge in [0.15, 0.2) is 4.77 Å². The predicted octanol–water partition coefficient (Wildman–Crippen LogP) is 5.00. The minimum atomic E-state index is -0.555. The Morgan fingerprint density at radius 1 is 1.21 bits per heavy atom. The van der Waals surface area contributed by atoms with Crippen molar-refractivity contribution >= 4 is 24.1 Å². The van der Waals surface area contributed by atoms with E-state index in [-0.39, 0.29) is 16.2 Å². The molecule has 2 N–H and O–H groups in total. The standard InChI is InChI=1S/C21H20FN3O2S/c1-3-13(2)14-4-8-16(9-5-14)23-12-18-19(26)24-21(28)25(20(18)27)17-10-6-15(22)7-11-17/h4-13,27H,3H2,1-2H3,(H,24,26,28)/t13-/m1/s1. The zero-order valence-electron chi connectivity index (χ0n) is 15.5. The quantitative estimate of drug-likeness (QED) is 0.470. The van der Waals surface area contributed by atoms with Gasteiger partial charge in [-0.1, -0.05) is 26.0 Å². The number of halogens is 1. The van der Waals surface area contributed by atoms with Gasteiger partial charge in [-0.25, -0.2) is 4.39 Å². The van der Waals surface area contributed by atoms with Gasteiger partial charge < -0.3 is 5.11 Å². The highest BCUT2D eigenvalue weighted by atomic mass is 32.1. The van der Waals surface area contributed by atoms with Crippen LogP contribution in [0.1, 0.15) is 37.3 Å². The van der Waals surface area contributed by atoms with E-state index in [9.17, 15) is 14.3 Å². The highest BCUT2D eigenvalue weighted by Gasteiger charge is 2.12.